The maximum Gasteiger partial charge on any atom is 0.255 e. The molecule has 2 unspecified atom stereocenters. The highest BCUT2D eigenvalue weighted by molar-refractivity contribution is 7.92. The molecule has 0 radical (unpaired) electrons. The van der Waals surface area contributed by atoms with E-state index in [9.17, 15) is 36.6 Å². The molecule has 2 saturated carbocycles. The Morgan fingerprint density at radius 1 is 1.14 bits per heavy atom. The van der Waals surface area contributed by atoms with Crippen LogP contribution in [0.15, 0.2) is 35.2 Å². The number of hydrogen-bond acceptors (Lipinski definition) is 5. The Bertz CT molecular complexity index is 1310. The molecule has 2 bridgehead atoms. The van der Waals surface area contributed by atoms with E-state index < -0.39 is 61.5 Å². The Morgan fingerprint density at radius 2 is 1.75 bits per heavy atom. The van der Waals surface area contributed by atoms with Gasteiger partial charge in [0.05, 0.1) is 26.4 Å². The minimum Gasteiger partial charge on any atom is -0.387 e. The number of hydrogen-bond donors (Lipinski definition) is 3. The predicted octanol–water partition coefficient (Wildman–Crippen LogP) is 4.72. The molecule has 4 rings (SSSR count). The summed E-state index contributed by atoms with van der Waals surface area (Å²) in [5.74, 6) is -6.43. The Hall–Kier alpha value is -2.14. The van der Waals surface area contributed by atoms with Crippen LogP contribution < -0.4 is 5.32 Å². The van der Waals surface area contributed by atoms with Crippen molar-refractivity contribution in [3.8, 4) is 0 Å². The molecular formula is C25H27ClF3NO5S. The van der Waals surface area contributed by atoms with Gasteiger partial charge in [-0.2, -0.15) is 0 Å². The van der Waals surface area contributed by atoms with E-state index in [4.69, 9.17) is 11.6 Å². The first-order chi connectivity index (χ1) is 16.5. The van der Waals surface area contributed by atoms with Crippen molar-refractivity contribution in [2.75, 3.05) is 5.32 Å². The fourth-order valence-electron chi connectivity index (χ4n) is 5.71. The first-order valence-corrected chi connectivity index (χ1v) is 13.4. The van der Waals surface area contributed by atoms with Gasteiger partial charge in [0.25, 0.3) is 5.91 Å². The first-order valence-electron chi connectivity index (χ1n) is 11.5. The third kappa shape index (κ3) is 4.53. The number of sulfone groups is 1. The maximum atomic E-state index is 13.8. The summed E-state index contributed by atoms with van der Waals surface area (Å²) in [4.78, 5) is 12.5. The van der Waals surface area contributed by atoms with Crippen LogP contribution >= 0.6 is 11.6 Å². The van der Waals surface area contributed by atoms with Crippen LogP contribution in [0.25, 0.3) is 0 Å². The highest BCUT2D eigenvalue weighted by Gasteiger charge is 2.60. The third-order valence-corrected chi connectivity index (χ3v) is 10.5. The summed E-state index contributed by atoms with van der Waals surface area (Å²) in [6.07, 6.45) is 0.741. The number of nitrogens with one attached hydrogen (secondary N) is 1. The van der Waals surface area contributed by atoms with Crippen molar-refractivity contribution in [1.82, 2.24) is 0 Å². The minimum atomic E-state index is -4.08. The van der Waals surface area contributed by atoms with Gasteiger partial charge in [-0.05, 0) is 69.1 Å². The topological polar surface area (TPSA) is 104 Å². The zero-order valence-corrected chi connectivity index (χ0v) is 21.4. The van der Waals surface area contributed by atoms with E-state index in [1.165, 1.54) is 26.0 Å². The average molecular weight is 546 g/mol. The van der Waals surface area contributed by atoms with Crippen molar-refractivity contribution >= 4 is 33.0 Å². The molecule has 2 aromatic rings. The average Bonchev–Trinajstić information content (AvgIpc) is 2.98. The summed E-state index contributed by atoms with van der Waals surface area (Å²) in [5.41, 5.74) is -3.34. The van der Waals surface area contributed by atoms with Crippen molar-refractivity contribution in [2.45, 2.75) is 61.4 Å². The number of rotatable bonds is 5. The third-order valence-electron chi connectivity index (χ3n) is 7.70. The van der Waals surface area contributed by atoms with Crippen LogP contribution in [0.2, 0.25) is 5.02 Å². The Labute approximate surface area is 212 Å². The second kappa shape index (κ2) is 9.01. The molecule has 0 aliphatic heterocycles. The largest absolute Gasteiger partial charge is 0.387 e. The molecular weight excluding hydrogens is 519 g/mol. The zero-order chi connectivity index (χ0) is 26.8. The molecule has 0 aromatic heterocycles. The monoisotopic (exact) mass is 545 g/mol. The molecule has 1 amide bonds. The van der Waals surface area contributed by atoms with E-state index in [0.717, 1.165) is 6.07 Å². The van der Waals surface area contributed by atoms with Crippen LogP contribution in [0.4, 0.5) is 18.9 Å². The molecule has 6 nitrogen and oxygen atoms in total. The van der Waals surface area contributed by atoms with E-state index in [0.29, 0.717) is 18.6 Å². The summed E-state index contributed by atoms with van der Waals surface area (Å²) < 4.78 is 67.9. The van der Waals surface area contributed by atoms with Crippen molar-refractivity contribution in [2.24, 2.45) is 17.8 Å². The lowest BCUT2D eigenvalue weighted by Gasteiger charge is -2.47. The summed E-state index contributed by atoms with van der Waals surface area (Å²) in [6, 6.07) is 4.82. The lowest BCUT2D eigenvalue weighted by molar-refractivity contribution is -0.160. The summed E-state index contributed by atoms with van der Waals surface area (Å²) in [6.45, 7) is 4.92. The van der Waals surface area contributed by atoms with E-state index in [1.807, 2.05) is 6.92 Å². The molecule has 36 heavy (non-hydrogen) atoms. The number of aliphatic hydroxyl groups is 2. The molecule has 2 aliphatic rings. The molecule has 2 aliphatic carbocycles. The molecule has 11 heteroatoms. The molecule has 2 aromatic carbocycles. The van der Waals surface area contributed by atoms with Crippen LogP contribution in [0.5, 0.6) is 0 Å². The maximum absolute atomic E-state index is 13.8. The quantitative estimate of drug-likeness (QED) is 0.472. The number of benzene rings is 2. The van der Waals surface area contributed by atoms with Gasteiger partial charge in [-0.1, -0.05) is 18.5 Å². The Morgan fingerprint density at radius 3 is 2.31 bits per heavy atom. The molecule has 0 heterocycles. The van der Waals surface area contributed by atoms with Gasteiger partial charge in [-0.15, -0.1) is 0 Å². The van der Waals surface area contributed by atoms with Crippen LogP contribution in [-0.2, 0) is 9.84 Å². The Balaban J connectivity index is 1.66. The van der Waals surface area contributed by atoms with Crippen molar-refractivity contribution in [1.29, 1.82) is 0 Å². The van der Waals surface area contributed by atoms with Crippen molar-refractivity contribution in [3.63, 3.8) is 0 Å². The van der Waals surface area contributed by atoms with Gasteiger partial charge in [-0.3, -0.25) is 4.79 Å². The molecule has 196 valence electrons. The highest BCUT2D eigenvalue weighted by Crippen LogP contribution is 2.56. The standard InChI is InChI=1S/C25H27ClF3NO5S/c1-12-6-14-10-25(33,24(2,3)32)11-16(12)22(14)36(34,35)20-7-13(4-5-17(20)26)23(31)30-15-8-18(27)21(29)19(28)9-15/h4-5,7-9,12,14,16,22,32-33H,6,10-11H2,1-3H3,(H,30,31)/t12-,14?,16?,22+,25+/m0/s1. The molecule has 3 N–H and O–H groups in total. The zero-order valence-electron chi connectivity index (χ0n) is 19.9. The number of fused-ring (bicyclic) bond motifs is 2. The minimum absolute atomic E-state index is 0.0281. The summed E-state index contributed by atoms with van der Waals surface area (Å²) >= 11 is 6.26. The van der Waals surface area contributed by atoms with E-state index in [-0.39, 0.29) is 39.9 Å². The Kier molecular flexibility index (Phi) is 6.73. The smallest absolute Gasteiger partial charge is 0.255 e. The molecule has 2 fully saturated rings. The summed E-state index contributed by atoms with van der Waals surface area (Å²) in [5, 5.41) is 22.9. The van der Waals surface area contributed by atoms with E-state index in [1.54, 1.807) is 0 Å². The number of anilines is 1. The fraction of sp³-hybridized carbons (Fsp3) is 0.480. The predicted molar refractivity (Wildman–Crippen MR) is 128 cm³/mol. The molecule has 5 atom stereocenters. The fourth-order valence-corrected chi connectivity index (χ4v) is 8.61. The number of carbonyl (C=O) groups excluding carboxylic acids is 1. The van der Waals surface area contributed by atoms with Crippen LogP contribution in [0, 0.1) is 35.2 Å². The van der Waals surface area contributed by atoms with Gasteiger partial charge in [0.15, 0.2) is 27.3 Å². The van der Waals surface area contributed by atoms with Gasteiger partial charge in [-0.25, -0.2) is 21.6 Å². The van der Waals surface area contributed by atoms with Gasteiger partial charge in [0.1, 0.15) is 0 Å². The SMILES string of the molecule is C[C@H]1CC2C[C@](O)(C(C)(C)O)CC1[C@@H]2S(=O)(=O)c1cc(C(=O)Nc2cc(F)c(F)c(F)c2)ccc1Cl. The lowest BCUT2D eigenvalue weighted by Crippen LogP contribution is -2.57. The van der Waals surface area contributed by atoms with Crippen molar-refractivity contribution in [3.05, 3.63) is 58.4 Å². The van der Waals surface area contributed by atoms with E-state index >= 15 is 0 Å². The summed E-state index contributed by atoms with van der Waals surface area (Å²) in [7, 11) is -4.08. The lowest BCUT2D eigenvalue weighted by atomic mass is 9.69. The van der Waals surface area contributed by atoms with Crippen LogP contribution in [-0.4, -0.2) is 41.0 Å². The van der Waals surface area contributed by atoms with Crippen LogP contribution in [0.1, 0.15) is 50.4 Å². The normalized spacial score (nSPS) is 28.2. The van der Waals surface area contributed by atoms with E-state index in [2.05, 4.69) is 5.32 Å². The van der Waals surface area contributed by atoms with Gasteiger partial charge in [0, 0.05) is 23.4 Å². The second-order valence-corrected chi connectivity index (χ2v) is 13.0. The van der Waals surface area contributed by atoms with Gasteiger partial charge in [0.2, 0.25) is 0 Å². The number of amides is 1. The second-order valence-electron chi connectivity index (χ2n) is 10.5. The van der Waals surface area contributed by atoms with Gasteiger partial charge >= 0.3 is 0 Å². The number of halogens is 4. The first kappa shape index (κ1) is 26.9. The highest BCUT2D eigenvalue weighted by atomic mass is 35.5. The molecule has 0 spiro atoms. The number of carbonyl (C=O) groups is 1. The van der Waals surface area contributed by atoms with Crippen LogP contribution in [0.3, 0.4) is 0 Å². The van der Waals surface area contributed by atoms with Gasteiger partial charge < -0.3 is 15.5 Å². The van der Waals surface area contributed by atoms with Crippen molar-refractivity contribution < 1.29 is 36.6 Å². The molecule has 0 saturated heterocycles.